The highest BCUT2D eigenvalue weighted by atomic mass is 127. The Kier molecular flexibility index (Phi) is 7.91. The van der Waals surface area contributed by atoms with E-state index in [0.717, 1.165) is 0 Å². The number of thioether (sulfide) groups is 1. The number of aromatic nitrogens is 2. The predicted molar refractivity (Wildman–Crippen MR) is 115 cm³/mol. The van der Waals surface area contributed by atoms with Gasteiger partial charge in [-0.15, -0.1) is 0 Å². The molecule has 2 aromatic rings. The Morgan fingerprint density at radius 3 is 2.22 bits per heavy atom. The summed E-state index contributed by atoms with van der Waals surface area (Å²) in [6.45, 7) is 6.43. The molecule has 144 valence electrons. The summed E-state index contributed by atoms with van der Waals surface area (Å²) in [5, 5.41) is 10.4. The smallest absolute Gasteiger partial charge is 0.268 e. The molecule has 0 amide bonds. The van der Waals surface area contributed by atoms with Gasteiger partial charge in [0.05, 0.1) is 21.4 Å². The van der Waals surface area contributed by atoms with Crippen molar-refractivity contribution in [2.24, 2.45) is 14.1 Å². The molecule has 7 heteroatoms. The normalized spacial score (nSPS) is 16.4. The van der Waals surface area contributed by atoms with Crippen molar-refractivity contribution < 1.29 is 33.1 Å². The van der Waals surface area contributed by atoms with Gasteiger partial charge in [-0.1, -0.05) is 34.4 Å². The largest absolute Gasteiger partial charge is 1.00 e. The first kappa shape index (κ1) is 22.4. The Balaban J connectivity index is 0.00000261. The number of thiazole rings is 2. The van der Waals surface area contributed by atoms with Gasteiger partial charge < -0.3 is 28.9 Å². The van der Waals surface area contributed by atoms with E-state index in [-0.39, 0.29) is 24.0 Å². The number of aryl methyl sites for hydroxylation is 2. The fourth-order valence-electron chi connectivity index (χ4n) is 2.50. The Morgan fingerprint density at radius 2 is 1.70 bits per heavy atom. The van der Waals surface area contributed by atoms with Gasteiger partial charge >= 0.3 is 0 Å². The summed E-state index contributed by atoms with van der Waals surface area (Å²) in [5.41, 5.74) is 5.07. The van der Waals surface area contributed by atoms with Crippen LogP contribution >= 0.6 is 34.4 Å². The van der Waals surface area contributed by atoms with Crippen molar-refractivity contribution in [3.05, 3.63) is 66.5 Å². The maximum atomic E-state index is 2.26. The van der Waals surface area contributed by atoms with E-state index in [1.165, 1.54) is 37.7 Å². The Morgan fingerprint density at radius 1 is 1.04 bits per heavy atom. The molecule has 0 atom stereocenters. The van der Waals surface area contributed by atoms with Crippen LogP contribution < -0.4 is 33.1 Å². The van der Waals surface area contributed by atoms with E-state index >= 15 is 0 Å². The van der Waals surface area contributed by atoms with E-state index in [1.54, 1.807) is 34.4 Å². The second-order valence-corrected chi connectivity index (χ2v) is 9.05. The van der Waals surface area contributed by atoms with Crippen LogP contribution in [-0.2, 0) is 14.1 Å². The molecule has 2 aromatic heterocycles. The van der Waals surface area contributed by atoms with Gasteiger partial charge in [0.1, 0.15) is 14.1 Å². The van der Waals surface area contributed by atoms with E-state index in [4.69, 9.17) is 0 Å². The summed E-state index contributed by atoms with van der Waals surface area (Å²) < 4.78 is 4.48. The van der Waals surface area contributed by atoms with Crippen molar-refractivity contribution in [1.29, 1.82) is 0 Å². The average molecular weight is 531 g/mol. The zero-order valence-corrected chi connectivity index (χ0v) is 21.1. The molecule has 1 aliphatic rings. The third-order valence-corrected chi connectivity index (χ3v) is 8.07. The SMILES string of the molecule is CC1=CS/C(=C/C=C(/C=C/c2scc(C)[n+]2C)c2scc(C)[n+]2C)N1C.[I-]. The van der Waals surface area contributed by atoms with Gasteiger partial charge in [-0.3, -0.25) is 0 Å². The molecule has 0 aromatic carbocycles. The topological polar surface area (TPSA) is 11.0 Å². The number of hydrogen-bond acceptors (Lipinski definition) is 4. The van der Waals surface area contributed by atoms with E-state index < -0.39 is 0 Å². The number of rotatable bonds is 4. The van der Waals surface area contributed by atoms with Crippen LogP contribution in [0.25, 0.3) is 11.6 Å². The fourth-order valence-corrected chi connectivity index (χ4v) is 5.31. The molecule has 3 nitrogen and oxygen atoms in total. The molecule has 0 saturated heterocycles. The van der Waals surface area contributed by atoms with Crippen molar-refractivity contribution >= 4 is 46.1 Å². The molecule has 27 heavy (non-hydrogen) atoms. The monoisotopic (exact) mass is 530 g/mol. The van der Waals surface area contributed by atoms with Crippen molar-refractivity contribution in [3.8, 4) is 0 Å². The van der Waals surface area contributed by atoms with E-state index in [0.29, 0.717) is 0 Å². The average Bonchev–Trinajstić information content (AvgIpc) is 3.24. The highest BCUT2D eigenvalue weighted by Crippen LogP contribution is 2.33. The Hall–Kier alpha value is -0.900. The minimum Gasteiger partial charge on any atom is -1.00 e. The van der Waals surface area contributed by atoms with Gasteiger partial charge in [-0.25, -0.2) is 0 Å². The second-order valence-electron chi connectivity index (χ2n) is 6.41. The summed E-state index contributed by atoms with van der Waals surface area (Å²) in [7, 11) is 6.36. The highest BCUT2D eigenvalue weighted by Gasteiger charge is 2.18. The molecule has 0 aliphatic carbocycles. The molecule has 0 unspecified atom stereocenters. The van der Waals surface area contributed by atoms with Crippen LogP contribution in [0.3, 0.4) is 0 Å². The van der Waals surface area contributed by atoms with Crippen LogP contribution in [0.5, 0.6) is 0 Å². The Bertz CT molecular complexity index is 948. The number of halogens is 1. The number of nitrogens with zero attached hydrogens (tertiary/aromatic N) is 3. The quantitative estimate of drug-likeness (QED) is 0.338. The Labute approximate surface area is 191 Å². The lowest BCUT2D eigenvalue weighted by atomic mass is 10.2. The van der Waals surface area contributed by atoms with Crippen LogP contribution in [-0.4, -0.2) is 11.9 Å². The molecule has 0 radical (unpaired) electrons. The fraction of sp³-hybridized carbons (Fsp3) is 0.300. The summed E-state index contributed by atoms with van der Waals surface area (Å²) in [6, 6.07) is 0. The molecule has 1 aliphatic heterocycles. The number of hydrogen-bond donors (Lipinski definition) is 0. The first-order chi connectivity index (χ1) is 12.4. The molecule has 0 bridgehead atoms. The van der Waals surface area contributed by atoms with Gasteiger partial charge in [-0.05, 0) is 30.6 Å². The highest BCUT2D eigenvalue weighted by molar-refractivity contribution is 8.06. The molecule has 0 spiro atoms. The minimum absolute atomic E-state index is 0. The summed E-state index contributed by atoms with van der Waals surface area (Å²) in [6.07, 6.45) is 8.89. The van der Waals surface area contributed by atoms with Gasteiger partial charge in [0, 0.05) is 32.7 Å². The number of allylic oxidation sites excluding steroid dienone is 5. The summed E-state index contributed by atoms with van der Waals surface area (Å²) in [4.78, 5) is 2.23. The second kappa shape index (κ2) is 9.54. The lowest BCUT2D eigenvalue weighted by molar-refractivity contribution is -0.674. The molecule has 0 fully saturated rings. The predicted octanol–water partition coefficient (Wildman–Crippen LogP) is 1.56. The standard InChI is InChI=1S/C20H25N3S3.HI/c1-14-11-24-18(21(14)4)9-7-17(20-23(6)16(3)13-26-20)8-10-19-22(5)15(2)12-25-19;/h7-13H,1-6H3;1H/q+2;/p-1. The van der Waals surface area contributed by atoms with Crippen LogP contribution in [0.1, 0.15) is 28.3 Å². The summed E-state index contributed by atoms with van der Waals surface area (Å²) >= 11 is 5.34. The van der Waals surface area contributed by atoms with Crippen LogP contribution in [0.15, 0.2) is 45.1 Å². The van der Waals surface area contributed by atoms with Crippen LogP contribution in [0.4, 0.5) is 0 Å². The van der Waals surface area contributed by atoms with Gasteiger partial charge in [0.25, 0.3) is 10.0 Å². The lowest BCUT2D eigenvalue weighted by Gasteiger charge is -2.13. The van der Waals surface area contributed by atoms with Crippen molar-refractivity contribution in [2.45, 2.75) is 20.8 Å². The van der Waals surface area contributed by atoms with E-state index in [2.05, 4.69) is 96.4 Å². The molecule has 3 heterocycles. The van der Waals surface area contributed by atoms with E-state index in [9.17, 15) is 0 Å². The van der Waals surface area contributed by atoms with Gasteiger partial charge in [-0.2, -0.15) is 9.13 Å². The van der Waals surface area contributed by atoms with Crippen molar-refractivity contribution in [2.75, 3.05) is 7.05 Å². The first-order valence-corrected chi connectivity index (χ1v) is 11.1. The molecule has 0 saturated carbocycles. The van der Waals surface area contributed by atoms with Gasteiger partial charge in [0.2, 0.25) is 0 Å². The zero-order valence-electron chi connectivity index (χ0n) is 16.5. The first-order valence-electron chi connectivity index (χ1n) is 8.44. The van der Waals surface area contributed by atoms with Crippen LogP contribution in [0.2, 0.25) is 0 Å². The van der Waals surface area contributed by atoms with Gasteiger partial charge in [0.15, 0.2) is 11.4 Å². The van der Waals surface area contributed by atoms with Crippen molar-refractivity contribution in [1.82, 2.24) is 4.90 Å². The van der Waals surface area contributed by atoms with Crippen molar-refractivity contribution in [3.63, 3.8) is 0 Å². The maximum absolute atomic E-state index is 2.26. The third kappa shape index (κ3) is 4.93. The minimum atomic E-state index is 0. The molecule has 3 rings (SSSR count). The maximum Gasteiger partial charge on any atom is 0.268 e. The summed E-state index contributed by atoms with van der Waals surface area (Å²) in [5.74, 6) is 0. The zero-order chi connectivity index (χ0) is 18.8. The molecular formula is C20H25IN3S3+. The molecule has 0 N–H and O–H groups in total. The van der Waals surface area contributed by atoms with Crippen LogP contribution in [0, 0.1) is 13.8 Å². The van der Waals surface area contributed by atoms with E-state index in [1.807, 2.05) is 0 Å². The molecular weight excluding hydrogens is 505 g/mol. The lowest BCUT2D eigenvalue weighted by Crippen LogP contribution is -3.00. The third-order valence-electron chi connectivity index (χ3n) is 4.65.